The number of carboxylic acids is 1. The van der Waals surface area contributed by atoms with Gasteiger partial charge in [0.15, 0.2) is 0 Å². The lowest BCUT2D eigenvalue weighted by Crippen LogP contribution is -2.48. The highest BCUT2D eigenvalue weighted by molar-refractivity contribution is 5.98. The molecule has 0 radical (unpaired) electrons. The van der Waals surface area contributed by atoms with Gasteiger partial charge in [-0.2, -0.15) is 0 Å². The number of carbonyl (C=O) groups excluding carboxylic acids is 1. The lowest BCUT2D eigenvalue weighted by Gasteiger charge is -2.34. The first-order chi connectivity index (χ1) is 9.29. The van der Waals surface area contributed by atoms with Crippen LogP contribution in [0, 0.1) is 0 Å². The molecule has 0 aliphatic heterocycles. The van der Waals surface area contributed by atoms with Crippen LogP contribution in [0.4, 0.5) is 0 Å². The minimum atomic E-state index is -1.03. The standard InChI is InChI=1S/C14H17N3O3/c1-14(2,3)17(7-12(18)19)13(20)9-4-5-10-11(6-9)16-8-15-10/h4-6,8H,7H2,1-3H3,(H,15,16)(H,18,19). The molecule has 2 aromatic rings. The van der Waals surface area contributed by atoms with Gasteiger partial charge in [-0.3, -0.25) is 9.59 Å². The quantitative estimate of drug-likeness (QED) is 0.895. The van der Waals surface area contributed by atoms with E-state index in [0.29, 0.717) is 5.56 Å². The van der Waals surface area contributed by atoms with E-state index in [1.165, 1.54) is 4.90 Å². The second kappa shape index (κ2) is 4.96. The summed E-state index contributed by atoms with van der Waals surface area (Å²) in [4.78, 5) is 31.8. The predicted octanol–water partition coefficient (Wildman–Crippen LogP) is 1.89. The summed E-state index contributed by atoms with van der Waals surface area (Å²) in [6, 6.07) is 5.08. The highest BCUT2D eigenvalue weighted by Crippen LogP contribution is 2.19. The fourth-order valence-electron chi connectivity index (χ4n) is 1.97. The van der Waals surface area contributed by atoms with Gasteiger partial charge in [0.2, 0.25) is 0 Å². The second-order valence-corrected chi connectivity index (χ2v) is 5.59. The Hall–Kier alpha value is -2.37. The van der Waals surface area contributed by atoms with E-state index in [1.54, 1.807) is 24.5 Å². The molecule has 0 aliphatic rings. The van der Waals surface area contributed by atoms with Gasteiger partial charge >= 0.3 is 5.97 Å². The minimum absolute atomic E-state index is 0.309. The van der Waals surface area contributed by atoms with E-state index in [2.05, 4.69) is 9.97 Å². The van der Waals surface area contributed by atoms with Crippen LogP contribution in [0.2, 0.25) is 0 Å². The van der Waals surface area contributed by atoms with Crippen LogP contribution in [-0.4, -0.2) is 43.9 Å². The number of rotatable bonds is 3. The van der Waals surface area contributed by atoms with E-state index in [1.807, 2.05) is 20.8 Å². The summed E-state index contributed by atoms with van der Waals surface area (Å²) < 4.78 is 0. The summed E-state index contributed by atoms with van der Waals surface area (Å²) in [5, 5.41) is 8.97. The molecule has 2 N–H and O–H groups in total. The first kappa shape index (κ1) is 14.0. The average Bonchev–Trinajstić information content (AvgIpc) is 2.80. The first-order valence-corrected chi connectivity index (χ1v) is 6.26. The van der Waals surface area contributed by atoms with Crippen molar-refractivity contribution < 1.29 is 14.7 Å². The Kier molecular flexibility index (Phi) is 3.48. The molecular weight excluding hydrogens is 258 g/mol. The lowest BCUT2D eigenvalue weighted by molar-refractivity contribution is -0.138. The zero-order valence-electron chi connectivity index (χ0n) is 11.7. The van der Waals surface area contributed by atoms with Crippen molar-refractivity contribution in [3.05, 3.63) is 30.1 Å². The molecule has 0 atom stereocenters. The molecule has 0 aliphatic carbocycles. The van der Waals surface area contributed by atoms with E-state index in [9.17, 15) is 9.59 Å². The van der Waals surface area contributed by atoms with Crippen molar-refractivity contribution >= 4 is 22.9 Å². The van der Waals surface area contributed by atoms with Gasteiger partial charge in [0.1, 0.15) is 6.54 Å². The van der Waals surface area contributed by atoms with Gasteiger partial charge in [0.05, 0.1) is 17.4 Å². The van der Waals surface area contributed by atoms with Crippen LogP contribution in [0.5, 0.6) is 0 Å². The third-order valence-electron chi connectivity index (χ3n) is 3.02. The monoisotopic (exact) mass is 275 g/mol. The number of imidazole rings is 1. The maximum Gasteiger partial charge on any atom is 0.323 e. The van der Waals surface area contributed by atoms with Crippen LogP contribution in [0.1, 0.15) is 31.1 Å². The number of aromatic amines is 1. The number of amides is 1. The molecule has 0 fully saturated rings. The smallest absolute Gasteiger partial charge is 0.323 e. The van der Waals surface area contributed by atoms with Crippen molar-refractivity contribution in [3.63, 3.8) is 0 Å². The van der Waals surface area contributed by atoms with Crippen LogP contribution in [0.15, 0.2) is 24.5 Å². The summed E-state index contributed by atoms with van der Waals surface area (Å²) in [5.41, 5.74) is 1.39. The summed E-state index contributed by atoms with van der Waals surface area (Å²) >= 11 is 0. The minimum Gasteiger partial charge on any atom is -0.480 e. The Labute approximate surface area is 116 Å². The molecule has 0 bridgehead atoms. The van der Waals surface area contributed by atoms with Gasteiger partial charge < -0.3 is 15.0 Å². The lowest BCUT2D eigenvalue weighted by atomic mass is 10.0. The predicted molar refractivity (Wildman–Crippen MR) is 74.5 cm³/mol. The van der Waals surface area contributed by atoms with Gasteiger partial charge in [0.25, 0.3) is 5.91 Å². The third kappa shape index (κ3) is 2.79. The molecule has 0 unspecified atom stereocenters. The van der Waals surface area contributed by atoms with Crippen LogP contribution >= 0.6 is 0 Å². The normalized spacial score (nSPS) is 11.6. The number of carboxylic acid groups (broad SMARTS) is 1. The molecule has 1 amide bonds. The van der Waals surface area contributed by atoms with Gasteiger partial charge in [-0.1, -0.05) is 0 Å². The third-order valence-corrected chi connectivity index (χ3v) is 3.02. The highest BCUT2D eigenvalue weighted by Gasteiger charge is 2.29. The van der Waals surface area contributed by atoms with Crippen LogP contribution in [0.3, 0.4) is 0 Å². The van der Waals surface area contributed by atoms with Gasteiger partial charge in [0, 0.05) is 11.1 Å². The molecule has 6 nitrogen and oxygen atoms in total. The van der Waals surface area contributed by atoms with Gasteiger partial charge in [-0.05, 0) is 39.0 Å². The largest absolute Gasteiger partial charge is 0.480 e. The molecule has 2 rings (SSSR count). The van der Waals surface area contributed by atoms with Crippen molar-refractivity contribution in [3.8, 4) is 0 Å². The van der Waals surface area contributed by atoms with Gasteiger partial charge in [-0.15, -0.1) is 0 Å². The fraction of sp³-hybridized carbons (Fsp3) is 0.357. The molecule has 106 valence electrons. The van der Waals surface area contributed by atoms with Crippen LogP contribution in [0.25, 0.3) is 11.0 Å². The maximum atomic E-state index is 12.5. The molecule has 1 aromatic carbocycles. The van der Waals surface area contributed by atoms with E-state index < -0.39 is 11.5 Å². The Balaban J connectivity index is 2.37. The number of hydrogen-bond donors (Lipinski definition) is 2. The molecule has 0 spiro atoms. The average molecular weight is 275 g/mol. The van der Waals surface area contributed by atoms with Crippen molar-refractivity contribution in [2.24, 2.45) is 0 Å². The number of H-pyrrole nitrogens is 1. The molecule has 0 saturated heterocycles. The van der Waals surface area contributed by atoms with E-state index in [4.69, 9.17) is 5.11 Å². The number of fused-ring (bicyclic) bond motifs is 1. The number of aliphatic carboxylic acids is 1. The Morgan fingerprint density at radius 3 is 2.65 bits per heavy atom. The van der Waals surface area contributed by atoms with Gasteiger partial charge in [-0.25, -0.2) is 4.98 Å². The highest BCUT2D eigenvalue weighted by atomic mass is 16.4. The Bertz CT molecular complexity index is 655. The van der Waals surface area contributed by atoms with Crippen molar-refractivity contribution in [1.82, 2.24) is 14.9 Å². The van der Waals surface area contributed by atoms with Crippen LogP contribution < -0.4 is 0 Å². The summed E-state index contributed by atoms with van der Waals surface area (Å²) in [6.07, 6.45) is 1.55. The second-order valence-electron chi connectivity index (χ2n) is 5.59. The number of aromatic nitrogens is 2. The van der Waals surface area contributed by atoms with E-state index in [-0.39, 0.29) is 12.5 Å². The summed E-state index contributed by atoms with van der Waals surface area (Å²) in [6.45, 7) is 5.09. The van der Waals surface area contributed by atoms with E-state index >= 15 is 0 Å². The summed E-state index contributed by atoms with van der Waals surface area (Å²) in [5.74, 6) is -1.34. The SMILES string of the molecule is CC(C)(C)N(CC(=O)O)C(=O)c1ccc2nc[nH]c2c1. The number of hydrogen-bond acceptors (Lipinski definition) is 3. The zero-order valence-corrected chi connectivity index (χ0v) is 11.7. The maximum absolute atomic E-state index is 12.5. The number of nitrogens with one attached hydrogen (secondary N) is 1. The van der Waals surface area contributed by atoms with Crippen molar-refractivity contribution in [1.29, 1.82) is 0 Å². The zero-order chi connectivity index (χ0) is 14.9. The fourth-order valence-corrected chi connectivity index (χ4v) is 1.97. The van der Waals surface area contributed by atoms with Crippen LogP contribution in [-0.2, 0) is 4.79 Å². The first-order valence-electron chi connectivity index (χ1n) is 6.26. The Morgan fingerprint density at radius 1 is 1.35 bits per heavy atom. The van der Waals surface area contributed by atoms with Crippen molar-refractivity contribution in [2.75, 3.05) is 6.54 Å². The molecule has 0 saturated carbocycles. The number of benzene rings is 1. The summed E-state index contributed by atoms with van der Waals surface area (Å²) in [7, 11) is 0. The number of carbonyl (C=O) groups is 2. The van der Waals surface area contributed by atoms with E-state index in [0.717, 1.165) is 11.0 Å². The molecule has 1 heterocycles. The topological polar surface area (TPSA) is 86.3 Å². The molecule has 20 heavy (non-hydrogen) atoms. The number of nitrogens with zero attached hydrogens (tertiary/aromatic N) is 2. The molecule has 6 heteroatoms. The molecular formula is C14H17N3O3. The molecule has 1 aromatic heterocycles. The Morgan fingerprint density at radius 2 is 2.05 bits per heavy atom. The van der Waals surface area contributed by atoms with Crippen molar-refractivity contribution in [2.45, 2.75) is 26.3 Å².